The van der Waals surface area contributed by atoms with Gasteiger partial charge in [0.2, 0.25) is 0 Å². The molecule has 9 heteroatoms. The largest absolute Gasteiger partial charge is 0.481 e. The Balaban J connectivity index is 1.45. The van der Waals surface area contributed by atoms with Crippen LogP contribution in [0.2, 0.25) is 5.02 Å². The Labute approximate surface area is 189 Å². The number of benzene rings is 1. The van der Waals surface area contributed by atoms with E-state index in [1.807, 2.05) is 0 Å². The van der Waals surface area contributed by atoms with Crippen molar-refractivity contribution in [3.63, 3.8) is 0 Å². The highest BCUT2D eigenvalue weighted by molar-refractivity contribution is 6.33. The maximum atomic E-state index is 13.3. The lowest BCUT2D eigenvalue weighted by Gasteiger charge is -2.60. The molecule has 4 aliphatic carbocycles. The number of carboxylic acid groups (broad SMARTS) is 1. The highest BCUT2D eigenvalue weighted by atomic mass is 35.5. The smallest absolute Gasteiger partial charge is 0.337 e. The minimum atomic E-state index is -0.768. The summed E-state index contributed by atoms with van der Waals surface area (Å²) < 4.78 is 6.15. The number of aromatic nitrogens is 2. The van der Waals surface area contributed by atoms with Crippen LogP contribution in [0.15, 0.2) is 35.3 Å². The third-order valence-corrected chi connectivity index (χ3v) is 7.80. The van der Waals surface area contributed by atoms with E-state index in [0.717, 1.165) is 19.3 Å². The summed E-state index contributed by atoms with van der Waals surface area (Å²) in [5, 5.41) is 17.5. The van der Waals surface area contributed by atoms with Crippen LogP contribution in [0.5, 0.6) is 0 Å². The van der Waals surface area contributed by atoms with E-state index in [4.69, 9.17) is 16.3 Å². The van der Waals surface area contributed by atoms with E-state index in [1.165, 1.54) is 18.0 Å². The average Bonchev–Trinajstić information content (AvgIpc) is 2.76. The number of anilines is 2. The van der Waals surface area contributed by atoms with E-state index in [0.29, 0.717) is 48.0 Å². The van der Waals surface area contributed by atoms with Gasteiger partial charge in [-0.15, -0.1) is 0 Å². The van der Waals surface area contributed by atoms with E-state index >= 15 is 0 Å². The molecule has 0 amide bonds. The van der Waals surface area contributed by atoms with Gasteiger partial charge in [-0.3, -0.25) is 9.59 Å². The minimum absolute atomic E-state index is 0.0113. The summed E-state index contributed by atoms with van der Waals surface area (Å²) in [6, 6.07) is 6.59. The van der Waals surface area contributed by atoms with E-state index in [9.17, 15) is 19.5 Å². The van der Waals surface area contributed by atoms with Crippen molar-refractivity contribution in [1.82, 2.24) is 9.78 Å². The van der Waals surface area contributed by atoms with Crippen LogP contribution in [0.4, 0.5) is 11.4 Å². The van der Waals surface area contributed by atoms with Crippen molar-refractivity contribution in [2.45, 2.75) is 44.1 Å². The lowest BCUT2D eigenvalue weighted by Crippen LogP contribution is -2.61. The number of hydrogen-bond acceptors (Lipinski definition) is 6. The molecule has 0 spiro atoms. The molecular weight excluding hydrogens is 434 g/mol. The van der Waals surface area contributed by atoms with E-state index in [-0.39, 0.29) is 5.02 Å². The second-order valence-corrected chi connectivity index (χ2v) is 9.93. The lowest BCUT2D eigenvalue weighted by atomic mass is 9.47. The molecular formula is C23H24ClN3O5. The summed E-state index contributed by atoms with van der Waals surface area (Å²) in [5.74, 6) is -0.603. The van der Waals surface area contributed by atoms with Crippen molar-refractivity contribution in [3.8, 4) is 0 Å². The fraction of sp³-hybridized carbons (Fsp3) is 0.478. The van der Waals surface area contributed by atoms with Crippen LogP contribution in [0, 0.1) is 17.3 Å². The third kappa shape index (κ3) is 3.20. The predicted molar refractivity (Wildman–Crippen MR) is 117 cm³/mol. The zero-order chi connectivity index (χ0) is 22.7. The first kappa shape index (κ1) is 21.0. The fourth-order valence-corrected chi connectivity index (χ4v) is 6.71. The van der Waals surface area contributed by atoms with Gasteiger partial charge in [0.05, 0.1) is 35.5 Å². The van der Waals surface area contributed by atoms with Gasteiger partial charge in [-0.2, -0.15) is 5.10 Å². The molecule has 4 aliphatic rings. The average molecular weight is 458 g/mol. The number of rotatable bonds is 5. The van der Waals surface area contributed by atoms with Crippen LogP contribution in [0.25, 0.3) is 0 Å². The summed E-state index contributed by atoms with van der Waals surface area (Å²) in [5.41, 5.74) is -0.369. The van der Waals surface area contributed by atoms with Crippen molar-refractivity contribution in [2.24, 2.45) is 17.3 Å². The Morgan fingerprint density at radius 1 is 1.19 bits per heavy atom. The van der Waals surface area contributed by atoms with Crippen LogP contribution in [0.1, 0.15) is 48.9 Å². The van der Waals surface area contributed by atoms with Gasteiger partial charge in [0.25, 0.3) is 5.56 Å². The minimum Gasteiger partial charge on any atom is -0.481 e. The topological polar surface area (TPSA) is 111 Å². The summed E-state index contributed by atoms with van der Waals surface area (Å²) in [7, 11) is 1.32. The number of methoxy groups -OCH3 is 1. The molecule has 6 rings (SSSR count). The number of nitrogens with one attached hydrogen (secondary N) is 1. The van der Waals surface area contributed by atoms with Gasteiger partial charge >= 0.3 is 11.9 Å². The van der Waals surface area contributed by atoms with Crippen LogP contribution in [-0.2, 0) is 15.1 Å². The number of hydrogen-bond donors (Lipinski definition) is 2. The molecule has 4 saturated carbocycles. The van der Waals surface area contributed by atoms with Crippen LogP contribution >= 0.6 is 11.6 Å². The molecule has 0 radical (unpaired) electrons. The molecule has 168 valence electrons. The Kier molecular flexibility index (Phi) is 4.81. The maximum absolute atomic E-state index is 13.3. The van der Waals surface area contributed by atoms with Gasteiger partial charge in [0, 0.05) is 5.69 Å². The van der Waals surface area contributed by atoms with Crippen LogP contribution < -0.4 is 10.9 Å². The van der Waals surface area contributed by atoms with E-state index in [1.54, 1.807) is 24.3 Å². The Morgan fingerprint density at radius 2 is 1.84 bits per heavy atom. The molecule has 2 N–H and O–H groups in total. The molecule has 4 bridgehead atoms. The summed E-state index contributed by atoms with van der Waals surface area (Å²) in [6.45, 7) is 0. The number of ether oxygens (including phenoxy) is 1. The monoisotopic (exact) mass is 457 g/mol. The molecule has 2 atom stereocenters. The highest BCUT2D eigenvalue weighted by Gasteiger charge is 2.62. The van der Waals surface area contributed by atoms with Crippen LogP contribution in [0.3, 0.4) is 0 Å². The highest BCUT2D eigenvalue weighted by Crippen LogP contribution is 2.63. The number of carbonyl (C=O) groups excluding carboxylic acids is 1. The number of aliphatic carboxylic acids is 1. The van der Waals surface area contributed by atoms with Crippen molar-refractivity contribution < 1.29 is 19.4 Å². The molecule has 0 aliphatic heterocycles. The second kappa shape index (κ2) is 7.33. The zero-order valence-electron chi connectivity index (χ0n) is 17.6. The van der Waals surface area contributed by atoms with Gasteiger partial charge in [-0.1, -0.05) is 11.6 Å². The summed E-state index contributed by atoms with van der Waals surface area (Å²) in [4.78, 5) is 37.0. The van der Waals surface area contributed by atoms with Gasteiger partial charge < -0.3 is 15.2 Å². The summed E-state index contributed by atoms with van der Waals surface area (Å²) >= 11 is 6.46. The molecule has 32 heavy (non-hydrogen) atoms. The maximum Gasteiger partial charge on any atom is 0.337 e. The van der Waals surface area contributed by atoms with Crippen molar-refractivity contribution >= 4 is 34.9 Å². The second-order valence-electron chi connectivity index (χ2n) is 9.55. The van der Waals surface area contributed by atoms with Crippen molar-refractivity contribution in [2.75, 3.05) is 12.4 Å². The number of carboxylic acids is 1. The van der Waals surface area contributed by atoms with Crippen molar-refractivity contribution in [3.05, 3.63) is 51.4 Å². The van der Waals surface area contributed by atoms with Crippen LogP contribution in [-0.4, -0.2) is 33.9 Å². The predicted octanol–water partition coefficient (Wildman–Crippen LogP) is 3.81. The first-order valence-electron chi connectivity index (χ1n) is 10.7. The molecule has 1 heterocycles. The third-order valence-electron chi connectivity index (χ3n) is 7.44. The first-order valence-corrected chi connectivity index (χ1v) is 11.1. The normalized spacial score (nSPS) is 30.2. The zero-order valence-corrected chi connectivity index (χ0v) is 18.4. The Hall–Kier alpha value is -2.87. The molecule has 0 unspecified atom stereocenters. The van der Waals surface area contributed by atoms with Gasteiger partial charge in [-0.05, 0) is 74.6 Å². The molecule has 0 saturated heterocycles. The van der Waals surface area contributed by atoms with Gasteiger partial charge in [0.1, 0.15) is 5.02 Å². The molecule has 4 fully saturated rings. The molecule has 1 aromatic carbocycles. The quantitative estimate of drug-likeness (QED) is 0.657. The van der Waals surface area contributed by atoms with E-state index in [2.05, 4.69) is 10.4 Å². The number of nitrogens with zero attached hydrogens (tertiary/aromatic N) is 2. The lowest BCUT2D eigenvalue weighted by molar-refractivity contribution is -0.173. The summed E-state index contributed by atoms with van der Waals surface area (Å²) in [6.07, 6.45) is 5.87. The standard InChI is InChI=1S/C23H24ClN3O5/c1-32-20(29)15-2-4-16(5-3-15)26-17-11-25-27(19(28)18(17)24)23-9-13-6-14(10-23)8-22(7-13,12-23)21(30)31/h2-5,11,13-14,26H,6-10,12H2,1H3,(H,30,31)/t13-,14-,22?,23?/m0/s1. The molecule has 1 aromatic heterocycles. The first-order chi connectivity index (χ1) is 15.2. The van der Waals surface area contributed by atoms with Gasteiger partial charge in [0.15, 0.2) is 0 Å². The molecule has 8 nitrogen and oxygen atoms in total. The van der Waals surface area contributed by atoms with Crippen molar-refractivity contribution in [1.29, 1.82) is 0 Å². The number of halogens is 1. The Morgan fingerprint density at radius 3 is 2.44 bits per heavy atom. The SMILES string of the molecule is COC(=O)c1ccc(Nc2cnn(C34C[C@H]5C[C@@H](CC(C(=O)O)(C5)C3)C4)c(=O)c2Cl)cc1. The fourth-order valence-electron chi connectivity index (χ4n) is 6.53. The van der Waals surface area contributed by atoms with Gasteiger partial charge in [-0.25, -0.2) is 9.48 Å². The number of esters is 1. The van der Waals surface area contributed by atoms with E-state index < -0.39 is 28.5 Å². The molecule has 2 aromatic rings. The number of carbonyl (C=O) groups is 2. The Bertz CT molecular complexity index is 1150.